The molecule has 9 heteroatoms. The predicted octanol–water partition coefficient (Wildman–Crippen LogP) is 1.93. The normalized spacial score (nSPS) is 21.4. The summed E-state index contributed by atoms with van der Waals surface area (Å²) >= 11 is 0. The van der Waals surface area contributed by atoms with Crippen LogP contribution in [0.15, 0.2) is 30.6 Å². The lowest BCUT2D eigenvalue weighted by atomic mass is 9.82. The van der Waals surface area contributed by atoms with E-state index in [1.807, 2.05) is 23.2 Å². The number of ether oxygens (including phenoxy) is 1. The van der Waals surface area contributed by atoms with E-state index in [-0.39, 0.29) is 18.1 Å². The number of amides is 1. The van der Waals surface area contributed by atoms with E-state index in [0.717, 1.165) is 36.4 Å². The second-order valence-corrected chi connectivity index (χ2v) is 8.20. The summed E-state index contributed by atoms with van der Waals surface area (Å²) in [7, 11) is 2.83. The molecule has 0 bridgehead atoms. The zero-order valence-electron chi connectivity index (χ0n) is 17.9. The van der Waals surface area contributed by atoms with E-state index >= 15 is 0 Å². The van der Waals surface area contributed by atoms with Crippen LogP contribution in [0.3, 0.4) is 0 Å². The van der Waals surface area contributed by atoms with Crippen LogP contribution in [0.1, 0.15) is 35.3 Å². The number of morpholine rings is 1. The number of rotatable bonds is 4. The molecule has 1 aromatic heterocycles. The van der Waals surface area contributed by atoms with Crippen LogP contribution in [-0.2, 0) is 4.74 Å². The van der Waals surface area contributed by atoms with Crippen molar-refractivity contribution in [2.45, 2.75) is 32.3 Å². The molecule has 0 radical (unpaired) electrons. The van der Waals surface area contributed by atoms with Gasteiger partial charge in [0.2, 0.25) is 0 Å². The van der Waals surface area contributed by atoms with E-state index in [1.54, 1.807) is 38.1 Å². The lowest BCUT2D eigenvalue weighted by Gasteiger charge is -2.32. The summed E-state index contributed by atoms with van der Waals surface area (Å²) in [6.45, 7) is 5.98. The number of carbonyl (C=O) groups excluding carboxylic acids is 1. The number of carbonyl (C=O) groups is 1. The van der Waals surface area contributed by atoms with Gasteiger partial charge in [0.1, 0.15) is 5.82 Å². The van der Waals surface area contributed by atoms with Gasteiger partial charge in [-0.3, -0.25) is 9.78 Å². The van der Waals surface area contributed by atoms with Crippen LogP contribution in [-0.4, -0.2) is 77.6 Å². The molecule has 2 atom stereocenters. The van der Waals surface area contributed by atoms with Gasteiger partial charge in [-0.25, -0.2) is 4.98 Å². The quantitative estimate of drug-likeness (QED) is 0.773. The van der Waals surface area contributed by atoms with E-state index in [2.05, 4.69) is 16.8 Å². The van der Waals surface area contributed by atoms with E-state index in [0.29, 0.717) is 17.7 Å². The Morgan fingerprint density at radius 3 is 2.87 bits per heavy atom. The number of hydrogen-bond acceptors (Lipinski definition) is 7. The Balaban J connectivity index is 1.83. The molecular weight excluding hydrogens is 381 g/mol. The molecule has 2 unspecified atom stereocenters. The molecule has 2 aromatic rings. The first-order valence-corrected chi connectivity index (χ1v) is 10.4. The van der Waals surface area contributed by atoms with E-state index in [4.69, 9.17) is 9.72 Å². The maximum Gasteiger partial charge on any atom is 0.409 e. The minimum atomic E-state index is -0.645. The monoisotopic (exact) mass is 409 g/mol. The van der Waals surface area contributed by atoms with E-state index in [1.165, 1.54) is 0 Å². The van der Waals surface area contributed by atoms with Gasteiger partial charge in [-0.1, -0.05) is 6.08 Å². The van der Waals surface area contributed by atoms with Crippen molar-refractivity contribution < 1.29 is 14.6 Å². The van der Waals surface area contributed by atoms with Crippen LogP contribution in [0.5, 0.6) is 0 Å². The summed E-state index contributed by atoms with van der Waals surface area (Å²) < 4.78 is 5.65. The second kappa shape index (κ2) is 8.24. The van der Waals surface area contributed by atoms with Crippen molar-refractivity contribution in [3.05, 3.63) is 41.7 Å². The van der Waals surface area contributed by atoms with Crippen molar-refractivity contribution in [1.29, 1.82) is 0 Å². The zero-order valence-corrected chi connectivity index (χ0v) is 17.9. The molecule has 158 valence electrons. The third-order valence-electron chi connectivity index (χ3n) is 5.67. The second-order valence-electron chi connectivity index (χ2n) is 8.20. The van der Waals surface area contributed by atoms with Crippen molar-refractivity contribution in [2.75, 3.05) is 38.7 Å². The van der Waals surface area contributed by atoms with E-state index < -0.39 is 7.05 Å². The first-order valence-electron chi connectivity index (χ1n) is 10.4. The average Bonchev–Trinajstić information content (AvgIpc) is 3.22. The van der Waals surface area contributed by atoms with Crippen LogP contribution in [0, 0.1) is 0 Å². The number of anilines is 1. The van der Waals surface area contributed by atoms with Gasteiger partial charge in [0.15, 0.2) is 0 Å². The molecule has 1 amide bonds. The Kier molecular flexibility index (Phi) is 5.66. The molecule has 2 aliphatic heterocycles. The topological polar surface area (TPSA) is 82.0 Å². The summed E-state index contributed by atoms with van der Waals surface area (Å²) in [6.07, 6.45) is 6.58. The molecular formula is C21H28BN5O3. The highest BCUT2D eigenvalue weighted by Crippen LogP contribution is 2.35. The summed E-state index contributed by atoms with van der Waals surface area (Å²) in [5.74, 6) is 0.723. The fourth-order valence-corrected chi connectivity index (χ4v) is 4.16. The largest absolute Gasteiger partial charge is 0.432 e. The molecule has 3 heterocycles. The molecule has 0 saturated carbocycles. The average molecular weight is 409 g/mol. The molecule has 4 rings (SSSR count). The van der Waals surface area contributed by atoms with Gasteiger partial charge in [-0.15, -0.1) is 0 Å². The van der Waals surface area contributed by atoms with Gasteiger partial charge < -0.3 is 24.4 Å². The lowest BCUT2D eigenvalue weighted by molar-refractivity contribution is 0.0529. The molecule has 0 spiro atoms. The van der Waals surface area contributed by atoms with Crippen molar-refractivity contribution in [1.82, 2.24) is 19.7 Å². The van der Waals surface area contributed by atoms with Gasteiger partial charge >= 0.3 is 7.05 Å². The van der Waals surface area contributed by atoms with Crippen molar-refractivity contribution in [2.24, 2.45) is 0 Å². The SMILES string of the molecule is CB(O)N1C=CCC1c1cc(C(=O)N(C)C)cc2ncc(N3CCOC(C)C3)nc12. The molecule has 1 aromatic carbocycles. The highest BCUT2D eigenvalue weighted by molar-refractivity contribution is 6.45. The van der Waals surface area contributed by atoms with Crippen molar-refractivity contribution >= 4 is 29.8 Å². The number of benzene rings is 1. The van der Waals surface area contributed by atoms with Crippen LogP contribution in [0.2, 0.25) is 6.82 Å². The Labute approximate surface area is 177 Å². The number of nitrogens with zero attached hydrogens (tertiary/aromatic N) is 5. The molecule has 2 aliphatic rings. The van der Waals surface area contributed by atoms with Crippen LogP contribution >= 0.6 is 0 Å². The Bertz CT molecular complexity index is 981. The number of hydrogen-bond donors (Lipinski definition) is 1. The molecule has 1 N–H and O–H groups in total. The van der Waals surface area contributed by atoms with Gasteiger partial charge in [0.25, 0.3) is 5.91 Å². The van der Waals surface area contributed by atoms with Crippen LogP contribution in [0.4, 0.5) is 5.82 Å². The van der Waals surface area contributed by atoms with Crippen molar-refractivity contribution in [3.8, 4) is 0 Å². The highest BCUT2D eigenvalue weighted by Gasteiger charge is 2.30. The Morgan fingerprint density at radius 1 is 1.37 bits per heavy atom. The smallest absolute Gasteiger partial charge is 0.409 e. The molecule has 0 aliphatic carbocycles. The van der Waals surface area contributed by atoms with Gasteiger partial charge in [-0.2, -0.15) is 0 Å². The fraction of sp³-hybridized carbons (Fsp3) is 0.476. The van der Waals surface area contributed by atoms with E-state index in [9.17, 15) is 9.82 Å². The molecule has 1 fully saturated rings. The fourth-order valence-electron chi connectivity index (χ4n) is 4.16. The number of aromatic nitrogens is 2. The minimum absolute atomic E-state index is 0.0828. The van der Waals surface area contributed by atoms with Crippen LogP contribution < -0.4 is 4.90 Å². The third kappa shape index (κ3) is 3.87. The molecule has 8 nitrogen and oxygen atoms in total. The lowest BCUT2D eigenvalue weighted by Crippen LogP contribution is -2.41. The first-order chi connectivity index (χ1) is 14.3. The van der Waals surface area contributed by atoms with Gasteiger partial charge in [-0.05, 0) is 38.5 Å². The number of fused-ring (bicyclic) bond motifs is 1. The summed E-state index contributed by atoms with van der Waals surface area (Å²) in [6, 6.07) is 3.60. The van der Waals surface area contributed by atoms with Gasteiger partial charge in [0, 0.05) is 44.4 Å². The minimum Gasteiger partial charge on any atom is -0.432 e. The summed E-state index contributed by atoms with van der Waals surface area (Å²) in [5, 5.41) is 10.3. The Hall–Kier alpha value is -2.65. The maximum absolute atomic E-state index is 12.7. The first kappa shape index (κ1) is 20.6. The summed E-state index contributed by atoms with van der Waals surface area (Å²) in [5.41, 5.74) is 2.92. The third-order valence-corrected chi connectivity index (χ3v) is 5.67. The predicted molar refractivity (Wildman–Crippen MR) is 117 cm³/mol. The standard InChI is InChI=1S/C21H28BN5O3/c1-14-13-26(8-9-30-14)19-12-23-17-11-15(21(28)25(3)4)10-16(20(17)24-19)18-6-5-7-27(18)22(2)29/h5,7,10-12,14,18,29H,6,8-9,13H2,1-4H3. The summed E-state index contributed by atoms with van der Waals surface area (Å²) in [4.78, 5) is 28.0. The maximum atomic E-state index is 12.7. The zero-order chi connectivity index (χ0) is 21.4. The van der Waals surface area contributed by atoms with Crippen molar-refractivity contribution in [3.63, 3.8) is 0 Å². The molecule has 30 heavy (non-hydrogen) atoms. The van der Waals surface area contributed by atoms with Gasteiger partial charge in [0.05, 0.1) is 29.9 Å². The van der Waals surface area contributed by atoms with Crippen LogP contribution in [0.25, 0.3) is 11.0 Å². The molecule has 1 saturated heterocycles. The highest BCUT2D eigenvalue weighted by atomic mass is 16.5. The Morgan fingerprint density at radius 2 is 2.17 bits per heavy atom.